The average molecular weight is 250 g/mol. The summed E-state index contributed by atoms with van der Waals surface area (Å²) >= 11 is 0. The molecule has 0 saturated carbocycles. The van der Waals surface area contributed by atoms with Gasteiger partial charge in [0.15, 0.2) is 5.78 Å². The first-order valence-corrected chi connectivity index (χ1v) is 5.55. The number of rotatable bonds is 3. The van der Waals surface area contributed by atoms with Crippen LogP contribution in [0.1, 0.15) is 30.1 Å². The molecular formula is C13H14O5. The van der Waals surface area contributed by atoms with Crippen molar-refractivity contribution in [3.05, 3.63) is 23.8 Å². The van der Waals surface area contributed by atoms with E-state index in [4.69, 9.17) is 14.6 Å². The van der Waals surface area contributed by atoms with E-state index in [1.807, 2.05) is 0 Å². The SMILES string of the molecule is COc1ccc2c(c1)C(=O)CC(C)(CC(=O)O)O2. The van der Waals surface area contributed by atoms with E-state index in [2.05, 4.69) is 0 Å². The van der Waals surface area contributed by atoms with E-state index in [9.17, 15) is 9.59 Å². The number of methoxy groups -OCH3 is 1. The molecule has 1 atom stereocenters. The fraction of sp³-hybridized carbons (Fsp3) is 0.385. The van der Waals surface area contributed by atoms with Gasteiger partial charge in [-0.2, -0.15) is 0 Å². The van der Waals surface area contributed by atoms with E-state index in [1.165, 1.54) is 7.11 Å². The van der Waals surface area contributed by atoms with Gasteiger partial charge in [-0.15, -0.1) is 0 Å². The summed E-state index contributed by atoms with van der Waals surface area (Å²) in [6.45, 7) is 1.63. The zero-order chi connectivity index (χ0) is 13.3. The summed E-state index contributed by atoms with van der Waals surface area (Å²) in [5, 5.41) is 8.84. The van der Waals surface area contributed by atoms with Crippen LogP contribution in [0, 0.1) is 0 Å². The van der Waals surface area contributed by atoms with Crippen molar-refractivity contribution in [2.24, 2.45) is 0 Å². The van der Waals surface area contributed by atoms with Crippen molar-refractivity contribution in [2.45, 2.75) is 25.4 Å². The molecule has 0 bridgehead atoms. The second-order valence-electron chi connectivity index (χ2n) is 4.58. The lowest BCUT2D eigenvalue weighted by molar-refractivity contribution is -0.141. The van der Waals surface area contributed by atoms with Gasteiger partial charge in [-0.1, -0.05) is 0 Å². The van der Waals surface area contributed by atoms with Crippen LogP contribution >= 0.6 is 0 Å². The van der Waals surface area contributed by atoms with Crippen LogP contribution in [0.4, 0.5) is 0 Å². The molecule has 1 N–H and O–H groups in total. The Bertz CT molecular complexity index is 508. The minimum absolute atomic E-state index is 0.0550. The van der Waals surface area contributed by atoms with Crippen LogP contribution in [-0.2, 0) is 4.79 Å². The van der Waals surface area contributed by atoms with Gasteiger partial charge < -0.3 is 14.6 Å². The first kappa shape index (κ1) is 12.4. The monoisotopic (exact) mass is 250 g/mol. The third-order valence-corrected chi connectivity index (χ3v) is 2.90. The molecule has 5 nitrogen and oxygen atoms in total. The van der Waals surface area contributed by atoms with Crippen LogP contribution < -0.4 is 9.47 Å². The highest BCUT2D eigenvalue weighted by Crippen LogP contribution is 2.36. The minimum Gasteiger partial charge on any atom is -0.497 e. The van der Waals surface area contributed by atoms with E-state index in [1.54, 1.807) is 25.1 Å². The predicted molar refractivity (Wildman–Crippen MR) is 63.2 cm³/mol. The number of Topliss-reactive ketones (excluding diaryl/α,β-unsaturated/α-hetero) is 1. The molecule has 0 aliphatic carbocycles. The Hall–Kier alpha value is -2.04. The number of carbonyl (C=O) groups is 2. The Morgan fingerprint density at radius 2 is 2.28 bits per heavy atom. The molecule has 1 aliphatic heterocycles. The molecule has 0 saturated heterocycles. The van der Waals surface area contributed by atoms with Gasteiger partial charge in [0.2, 0.25) is 0 Å². The van der Waals surface area contributed by atoms with E-state index in [-0.39, 0.29) is 18.6 Å². The van der Waals surface area contributed by atoms with Gasteiger partial charge in [-0.25, -0.2) is 0 Å². The number of ether oxygens (including phenoxy) is 2. The number of benzene rings is 1. The van der Waals surface area contributed by atoms with Crippen molar-refractivity contribution in [3.63, 3.8) is 0 Å². The molecule has 0 aromatic heterocycles. The van der Waals surface area contributed by atoms with Crippen molar-refractivity contribution in [3.8, 4) is 11.5 Å². The number of hydrogen-bond donors (Lipinski definition) is 1. The molecule has 2 rings (SSSR count). The Morgan fingerprint density at radius 3 is 2.89 bits per heavy atom. The van der Waals surface area contributed by atoms with E-state index >= 15 is 0 Å². The molecule has 1 unspecified atom stereocenters. The maximum atomic E-state index is 12.0. The van der Waals surface area contributed by atoms with Crippen molar-refractivity contribution >= 4 is 11.8 Å². The fourth-order valence-electron chi connectivity index (χ4n) is 2.10. The molecule has 0 amide bonds. The molecular weight excluding hydrogens is 236 g/mol. The molecule has 0 radical (unpaired) electrons. The number of carboxylic acids is 1. The smallest absolute Gasteiger partial charge is 0.307 e. The fourth-order valence-corrected chi connectivity index (χ4v) is 2.10. The topological polar surface area (TPSA) is 72.8 Å². The van der Waals surface area contributed by atoms with Crippen molar-refractivity contribution in [1.82, 2.24) is 0 Å². The van der Waals surface area contributed by atoms with E-state index < -0.39 is 11.6 Å². The largest absolute Gasteiger partial charge is 0.497 e. The van der Waals surface area contributed by atoms with Crippen LogP contribution in [0.25, 0.3) is 0 Å². The minimum atomic E-state index is -0.984. The predicted octanol–water partition coefficient (Wildman–Crippen LogP) is 1.89. The number of fused-ring (bicyclic) bond motifs is 1. The van der Waals surface area contributed by atoms with Crippen LogP contribution in [0.2, 0.25) is 0 Å². The maximum absolute atomic E-state index is 12.0. The number of carbonyl (C=O) groups excluding carboxylic acids is 1. The molecule has 1 aliphatic rings. The summed E-state index contributed by atoms with van der Waals surface area (Å²) in [5.41, 5.74) is -0.540. The maximum Gasteiger partial charge on any atom is 0.307 e. The number of ketones is 1. The van der Waals surface area contributed by atoms with Gasteiger partial charge in [0.25, 0.3) is 0 Å². The summed E-state index contributed by atoms with van der Waals surface area (Å²) in [4.78, 5) is 22.8. The number of carboxylic acid groups (broad SMARTS) is 1. The Balaban J connectivity index is 2.35. The first-order valence-electron chi connectivity index (χ1n) is 5.55. The Morgan fingerprint density at radius 1 is 1.56 bits per heavy atom. The standard InChI is InChI=1S/C13H14O5/c1-13(7-12(15)16)6-10(14)9-5-8(17-2)3-4-11(9)18-13/h3-5H,6-7H2,1-2H3,(H,15,16). The van der Waals surface area contributed by atoms with Crippen molar-refractivity contribution < 1.29 is 24.2 Å². The average Bonchev–Trinajstić information content (AvgIpc) is 2.26. The summed E-state index contributed by atoms with van der Waals surface area (Å²) in [6.07, 6.45) is -0.149. The van der Waals surface area contributed by atoms with E-state index in [0.29, 0.717) is 17.1 Å². The van der Waals surface area contributed by atoms with Crippen LogP contribution in [0.15, 0.2) is 18.2 Å². The van der Waals surface area contributed by atoms with Crippen LogP contribution in [0.3, 0.4) is 0 Å². The molecule has 1 heterocycles. The van der Waals surface area contributed by atoms with Gasteiger partial charge in [-0.05, 0) is 25.1 Å². The van der Waals surface area contributed by atoms with Gasteiger partial charge in [-0.3, -0.25) is 9.59 Å². The quantitative estimate of drug-likeness (QED) is 0.886. The third kappa shape index (κ3) is 2.30. The zero-order valence-corrected chi connectivity index (χ0v) is 10.2. The number of aliphatic carboxylic acids is 1. The van der Waals surface area contributed by atoms with Crippen LogP contribution in [-0.4, -0.2) is 29.6 Å². The van der Waals surface area contributed by atoms with Crippen molar-refractivity contribution in [1.29, 1.82) is 0 Å². The molecule has 0 spiro atoms. The second kappa shape index (κ2) is 4.33. The zero-order valence-electron chi connectivity index (χ0n) is 10.2. The molecule has 0 fully saturated rings. The van der Waals surface area contributed by atoms with Crippen LogP contribution in [0.5, 0.6) is 11.5 Å². The van der Waals surface area contributed by atoms with Gasteiger partial charge in [0.1, 0.15) is 17.1 Å². The lowest BCUT2D eigenvalue weighted by Gasteiger charge is -2.33. The first-order chi connectivity index (χ1) is 8.43. The van der Waals surface area contributed by atoms with Gasteiger partial charge in [0.05, 0.1) is 25.5 Å². The Kier molecular flexibility index (Phi) is 2.98. The molecule has 5 heteroatoms. The summed E-state index contributed by atoms with van der Waals surface area (Å²) in [5.74, 6) is -0.121. The summed E-state index contributed by atoms with van der Waals surface area (Å²) < 4.78 is 10.7. The second-order valence-corrected chi connectivity index (χ2v) is 4.58. The van der Waals surface area contributed by atoms with Gasteiger partial charge >= 0.3 is 5.97 Å². The normalized spacial score (nSPS) is 22.0. The molecule has 1 aromatic rings. The lowest BCUT2D eigenvalue weighted by atomic mass is 9.89. The Labute approximate surface area is 104 Å². The summed E-state index contributed by atoms with van der Waals surface area (Å²) in [7, 11) is 1.52. The molecule has 18 heavy (non-hydrogen) atoms. The van der Waals surface area contributed by atoms with Gasteiger partial charge in [0, 0.05) is 0 Å². The lowest BCUT2D eigenvalue weighted by Crippen LogP contribution is -2.41. The van der Waals surface area contributed by atoms with Crippen molar-refractivity contribution in [2.75, 3.05) is 7.11 Å². The number of hydrogen-bond acceptors (Lipinski definition) is 4. The highest BCUT2D eigenvalue weighted by Gasteiger charge is 2.38. The third-order valence-electron chi connectivity index (χ3n) is 2.90. The summed E-state index contributed by atoms with van der Waals surface area (Å²) in [6, 6.07) is 4.92. The molecule has 1 aromatic carbocycles. The molecule has 96 valence electrons. The van der Waals surface area contributed by atoms with E-state index in [0.717, 1.165) is 0 Å². The highest BCUT2D eigenvalue weighted by atomic mass is 16.5. The highest BCUT2D eigenvalue weighted by molar-refractivity contribution is 6.01.